The Hall–Kier alpha value is -1.17. The Morgan fingerprint density at radius 1 is 1.33 bits per heavy atom. The number of hydrogen-bond donors (Lipinski definition) is 1. The zero-order valence-corrected chi connectivity index (χ0v) is 10.3. The summed E-state index contributed by atoms with van der Waals surface area (Å²) in [5.41, 5.74) is 3.71. The first-order valence-electron chi connectivity index (χ1n) is 5.88. The molecule has 6 heteroatoms. The van der Waals surface area contributed by atoms with Gasteiger partial charge < -0.3 is 5.73 Å². The smallest absolute Gasteiger partial charge is 0.287 e. The number of aryl methyl sites for hydroxylation is 1. The largest absolute Gasteiger partial charge is 0.330 e. The molecule has 3 nitrogen and oxygen atoms in total. The Kier molecular flexibility index (Phi) is 3.09. The van der Waals surface area contributed by atoms with Crippen molar-refractivity contribution < 1.29 is 13.2 Å². The van der Waals surface area contributed by atoms with Gasteiger partial charge in [0.1, 0.15) is 5.82 Å². The summed E-state index contributed by atoms with van der Waals surface area (Å²) in [4.78, 5) is 7.95. The van der Waals surface area contributed by atoms with Crippen molar-refractivity contribution in [1.29, 1.82) is 0 Å². The standard InChI is InChI=1S/C12H16F3N3/c1-7-11(13,12(7,14)15)3-9(4-16)10-5-17-8(2)18-6-10/h5-7,9H,3-4,16H2,1-2H3. The first-order chi connectivity index (χ1) is 8.33. The number of hydrogen-bond acceptors (Lipinski definition) is 3. The van der Waals surface area contributed by atoms with Crippen LogP contribution < -0.4 is 5.73 Å². The molecular weight excluding hydrogens is 243 g/mol. The van der Waals surface area contributed by atoms with Gasteiger partial charge in [0, 0.05) is 18.3 Å². The quantitative estimate of drug-likeness (QED) is 0.902. The first-order valence-corrected chi connectivity index (χ1v) is 5.88. The van der Waals surface area contributed by atoms with Gasteiger partial charge >= 0.3 is 0 Å². The van der Waals surface area contributed by atoms with Gasteiger partial charge in [0.15, 0.2) is 5.67 Å². The molecule has 18 heavy (non-hydrogen) atoms. The van der Waals surface area contributed by atoms with Gasteiger partial charge in [0.05, 0.1) is 5.92 Å². The van der Waals surface area contributed by atoms with Gasteiger partial charge in [-0.2, -0.15) is 0 Å². The summed E-state index contributed by atoms with van der Waals surface area (Å²) in [5, 5.41) is 0. The Balaban J connectivity index is 2.14. The van der Waals surface area contributed by atoms with E-state index in [4.69, 9.17) is 5.73 Å². The minimum absolute atomic E-state index is 0.0981. The van der Waals surface area contributed by atoms with Gasteiger partial charge in [-0.05, 0) is 25.5 Å². The van der Waals surface area contributed by atoms with Crippen molar-refractivity contribution in [3.8, 4) is 0 Å². The van der Waals surface area contributed by atoms with E-state index in [1.807, 2.05) is 0 Å². The second kappa shape index (κ2) is 4.19. The predicted molar refractivity (Wildman–Crippen MR) is 61.1 cm³/mol. The molecule has 100 valence electrons. The number of nitrogens with two attached hydrogens (primary N) is 1. The molecule has 1 heterocycles. The first kappa shape index (κ1) is 13.3. The lowest BCUT2D eigenvalue weighted by Gasteiger charge is -2.17. The molecule has 0 saturated heterocycles. The molecule has 2 rings (SSSR count). The summed E-state index contributed by atoms with van der Waals surface area (Å²) in [7, 11) is 0. The van der Waals surface area contributed by atoms with E-state index in [-0.39, 0.29) is 13.0 Å². The fraction of sp³-hybridized carbons (Fsp3) is 0.667. The van der Waals surface area contributed by atoms with E-state index in [1.165, 1.54) is 19.3 Å². The Labute approximate surface area is 104 Å². The summed E-state index contributed by atoms with van der Waals surface area (Å²) in [6.45, 7) is 3.04. The number of nitrogens with zero attached hydrogens (tertiary/aromatic N) is 2. The third kappa shape index (κ3) is 1.88. The van der Waals surface area contributed by atoms with Crippen molar-refractivity contribution in [3.05, 3.63) is 23.8 Å². The molecule has 1 aromatic rings. The molecule has 3 unspecified atom stereocenters. The zero-order valence-electron chi connectivity index (χ0n) is 10.3. The van der Waals surface area contributed by atoms with Gasteiger partial charge in [-0.25, -0.2) is 23.1 Å². The van der Waals surface area contributed by atoms with Crippen molar-refractivity contribution in [2.45, 2.75) is 37.8 Å². The minimum Gasteiger partial charge on any atom is -0.330 e. The van der Waals surface area contributed by atoms with Gasteiger partial charge in [0.25, 0.3) is 5.92 Å². The lowest BCUT2D eigenvalue weighted by molar-refractivity contribution is 0.0342. The van der Waals surface area contributed by atoms with E-state index in [0.29, 0.717) is 11.4 Å². The maximum atomic E-state index is 14.0. The molecule has 1 aromatic heterocycles. The summed E-state index contributed by atoms with van der Waals surface area (Å²) < 4.78 is 40.4. The molecule has 1 saturated carbocycles. The molecule has 0 aromatic carbocycles. The highest BCUT2D eigenvalue weighted by Gasteiger charge is 2.80. The van der Waals surface area contributed by atoms with Crippen molar-refractivity contribution >= 4 is 0 Å². The monoisotopic (exact) mass is 259 g/mol. The highest BCUT2D eigenvalue weighted by Crippen LogP contribution is 2.64. The molecule has 0 aliphatic heterocycles. The average Bonchev–Trinajstić information content (AvgIpc) is 2.72. The summed E-state index contributed by atoms with van der Waals surface area (Å²) in [5.74, 6) is -4.39. The maximum Gasteiger partial charge on any atom is 0.287 e. The van der Waals surface area contributed by atoms with Crippen molar-refractivity contribution in [2.24, 2.45) is 11.7 Å². The van der Waals surface area contributed by atoms with Crippen LogP contribution in [0.25, 0.3) is 0 Å². The van der Waals surface area contributed by atoms with Gasteiger partial charge in [-0.3, -0.25) is 0 Å². The lowest BCUT2D eigenvalue weighted by Crippen LogP contribution is -2.22. The molecule has 0 amide bonds. The fourth-order valence-corrected chi connectivity index (χ4v) is 2.22. The fourth-order valence-electron chi connectivity index (χ4n) is 2.22. The normalized spacial score (nSPS) is 31.1. The molecule has 2 N–H and O–H groups in total. The van der Waals surface area contributed by atoms with Crippen LogP contribution in [-0.2, 0) is 0 Å². The van der Waals surface area contributed by atoms with Crippen molar-refractivity contribution in [2.75, 3.05) is 6.54 Å². The van der Waals surface area contributed by atoms with Gasteiger partial charge in [-0.1, -0.05) is 6.92 Å². The Bertz CT molecular complexity index is 435. The van der Waals surface area contributed by atoms with E-state index in [9.17, 15) is 13.2 Å². The Morgan fingerprint density at radius 3 is 2.22 bits per heavy atom. The van der Waals surface area contributed by atoms with E-state index >= 15 is 0 Å². The van der Waals surface area contributed by atoms with Crippen LogP contribution in [0, 0.1) is 12.8 Å². The number of aromatic nitrogens is 2. The van der Waals surface area contributed by atoms with Crippen molar-refractivity contribution in [1.82, 2.24) is 9.97 Å². The molecule has 0 radical (unpaired) electrons. The number of alkyl halides is 3. The van der Waals surface area contributed by atoms with Crippen molar-refractivity contribution in [3.63, 3.8) is 0 Å². The molecule has 1 aliphatic rings. The average molecular weight is 259 g/mol. The molecule has 0 spiro atoms. The SMILES string of the molecule is Cc1ncc(C(CN)CC2(F)C(C)C2(F)F)cn1. The van der Waals surface area contributed by atoms with Crippen LogP contribution in [0.3, 0.4) is 0 Å². The molecule has 1 aliphatic carbocycles. The topological polar surface area (TPSA) is 51.8 Å². The van der Waals surface area contributed by atoms with E-state index in [0.717, 1.165) is 0 Å². The molecule has 3 atom stereocenters. The minimum atomic E-state index is -3.24. The van der Waals surface area contributed by atoms with E-state index < -0.39 is 23.4 Å². The summed E-state index contributed by atoms with van der Waals surface area (Å²) in [6.07, 6.45) is 2.76. The van der Waals surface area contributed by atoms with Crippen LogP contribution in [0.1, 0.15) is 30.7 Å². The summed E-state index contributed by atoms with van der Waals surface area (Å²) >= 11 is 0. The molecule has 1 fully saturated rings. The number of halogens is 3. The number of rotatable bonds is 4. The van der Waals surface area contributed by atoms with Crippen LogP contribution >= 0.6 is 0 Å². The third-order valence-corrected chi connectivity index (χ3v) is 3.80. The molecule has 0 bridgehead atoms. The third-order valence-electron chi connectivity index (χ3n) is 3.80. The summed E-state index contributed by atoms with van der Waals surface area (Å²) in [6, 6.07) is 0. The maximum absolute atomic E-state index is 14.0. The van der Waals surface area contributed by atoms with Gasteiger partial charge in [-0.15, -0.1) is 0 Å². The van der Waals surface area contributed by atoms with Crippen LogP contribution in [0.5, 0.6) is 0 Å². The highest BCUT2D eigenvalue weighted by molar-refractivity contribution is 5.23. The molecular formula is C12H16F3N3. The second-order valence-corrected chi connectivity index (χ2v) is 4.91. The Morgan fingerprint density at radius 2 is 1.83 bits per heavy atom. The second-order valence-electron chi connectivity index (χ2n) is 4.91. The van der Waals surface area contributed by atoms with E-state index in [1.54, 1.807) is 6.92 Å². The zero-order chi connectivity index (χ0) is 13.6. The predicted octanol–water partition coefficient (Wildman–Crippen LogP) is 2.21. The van der Waals surface area contributed by atoms with Crippen LogP contribution in [0.15, 0.2) is 12.4 Å². The highest BCUT2D eigenvalue weighted by atomic mass is 19.3. The van der Waals surface area contributed by atoms with Crippen LogP contribution in [-0.4, -0.2) is 28.1 Å². The van der Waals surface area contributed by atoms with Gasteiger partial charge in [0.2, 0.25) is 0 Å². The lowest BCUT2D eigenvalue weighted by atomic mass is 9.94. The van der Waals surface area contributed by atoms with E-state index in [2.05, 4.69) is 9.97 Å². The van der Waals surface area contributed by atoms with Crippen LogP contribution in [0.2, 0.25) is 0 Å². The van der Waals surface area contributed by atoms with Crippen LogP contribution in [0.4, 0.5) is 13.2 Å².